The normalized spacial score (nSPS) is 11.1. The van der Waals surface area contributed by atoms with Crippen LogP contribution in [0, 0.1) is 0 Å². The van der Waals surface area contributed by atoms with Gasteiger partial charge in [-0.3, -0.25) is 0 Å². The lowest BCUT2D eigenvalue weighted by Crippen LogP contribution is -1.96. The molecule has 7 heteroatoms. The molecule has 0 spiro atoms. The molecule has 6 aromatic rings. The fraction of sp³-hybridized carbons (Fsp3) is 0.0625. The van der Waals surface area contributed by atoms with Crippen LogP contribution in [0.5, 0.6) is 0 Å². The van der Waals surface area contributed by atoms with Gasteiger partial charge in [-0.15, -0.1) is 0 Å². The Kier molecular flexibility index (Phi) is 7.91. The smallest absolute Gasteiger partial charge is 0.0991 e. The van der Waals surface area contributed by atoms with E-state index in [0.717, 1.165) is 22.9 Å². The van der Waals surface area contributed by atoms with Crippen molar-refractivity contribution in [3.8, 4) is 33.6 Å². The largest absolute Gasteiger partial charge is 0.306 e. The van der Waals surface area contributed by atoms with Crippen LogP contribution in [0.4, 0.5) is 0 Å². The monoisotopic (exact) mass is 546 g/mol. The van der Waals surface area contributed by atoms with Gasteiger partial charge in [0, 0.05) is 71.5 Å². The number of benzene rings is 4. The highest BCUT2D eigenvalue weighted by Gasteiger charge is 2.11. The van der Waals surface area contributed by atoms with Gasteiger partial charge in [-0.05, 0) is 34.4 Å². The van der Waals surface area contributed by atoms with Gasteiger partial charge in [-0.1, -0.05) is 84.9 Å². The summed E-state index contributed by atoms with van der Waals surface area (Å²) in [6.45, 7) is 0. The molecule has 2 heterocycles. The summed E-state index contributed by atoms with van der Waals surface area (Å²) < 4.78 is 10.0. The Morgan fingerprint density at radius 3 is 1.44 bits per heavy atom. The van der Waals surface area contributed by atoms with Gasteiger partial charge in [0.1, 0.15) is 0 Å². The zero-order valence-electron chi connectivity index (χ0n) is 21.1. The van der Waals surface area contributed by atoms with Gasteiger partial charge in [0.05, 0.1) is 24.0 Å². The van der Waals surface area contributed by atoms with Crippen LogP contribution in [0.3, 0.4) is 0 Å². The fourth-order valence-electron chi connectivity index (χ4n) is 4.51. The van der Waals surface area contributed by atoms with Gasteiger partial charge in [0.2, 0.25) is 0 Å². The molecule has 0 aliphatic heterocycles. The highest BCUT2D eigenvalue weighted by atomic mass is 32.2. The quantitative estimate of drug-likeness (QED) is 0.127. The Hall–Kier alpha value is -4.04. The highest BCUT2D eigenvalue weighted by Crippen LogP contribution is 2.32. The van der Waals surface area contributed by atoms with Gasteiger partial charge in [-0.25, -0.2) is 13.6 Å². The summed E-state index contributed by atoms with van der Waals surface area (Å²) in [6, 6.07) is 34.0. The maximum Gasteiger partial charge on any atom is 0.0991 e. The van der Waals surface area contributed by atoms with Crippen molar-refractivity contribution < 1.29 is 3.63 Å². The SMILES string of the molecule is c1ccc(-c2ccc(CSOSCc3ccc(-c4ccccc4)c(-n4ccnc4)c3)cc2-n2ccnc2)cc1. The van der Waals surface area contributed by atoms with Crippen LogP contribution < -0.4 is 0 Å². The molecular weight excluding hydrogens is 521 g/mol. The summed E-state index contributed by atoms with van der Waals surface area (Å²) in [5.74, 6) is 1.49. The van der Waals surface area contributed by atoms with Crippen LogP contribution in [0.2, 0.25) is 0 Å². The summed E-state index contributed by atoms with van der Waals surface area (Å²) in [5.41, 5.74) is 9.30. The minimum atomic E-state index is 0.747. The van der Waals surface area contributed by atoms with Crippen LogP contribution in [0.15, 0.2) is 135 Å². The van der Waals surface area contributed by atoms with E-state index in [-0.39, 0.29) is 0 Å². The van der Waals surface area contributed by atoms with Crippen molar-refractivity contribution in [2.24, 2.45) is 0 Å². The van der Waals surface area contributed by atoms with Crippen molar-refractivity contribution >= 4 is 24.1 Å². The number of imidazole rings is 2. The molecule has 6 rings (SSSR count). The van der Waals surface area contributed by atoms with Crippen LogP contribution in [0.25, 0.3) is 33.6 Å². The summed E-state index contributed by atoms with van der Waals surface area (Å²) >= 11 is 2.92. The predicted molar refractivity (Wildman–Crippen MR) is 162 cm³/mol. The molecule has 0 atom stereocenters. The average molecular weight is 547 g/mol. The summed E-state index contributed by atoms with van der Waals surface area (Å²) in [4.78, 5) is 8.50. The lowest BCUT2D eigenvalue weighted by Gasteiger charge is -2.13. The third kappa shape index (κ3) is 6.01. The second-order valence-electron chi connectivity index (χ2n) is 8.97. The molecule has 0 amide bonds. The standard InChI is InChI=1S/C32H26N4OS2/c1-3-7-27(8-4-1)29-13-11-25(19-31(29)35-17-15-33-23-35)21-38-37-39-22-26-12-14-30(28-9-5-2-6-10-28)32(20-26)36-18-16-34-24-36/h1-20,23-24H,21-22H2. The second kappa shape index (κ2) is 12.2. The number of hydrogen-bond donors (Lipinski definition) is 0. The van der Waals surface area contributed by atoms with Crippen LogP contribution in [-0.4, -0.2) is 19.1 Å². The van der Waals surface area contributed by atoms with E-state index < -0.39 is 0 Å². The maximum atomic E-state index is 5.93. The first-order valence-electron chi connectivity index (χ1n) is 12.6. The Morgan fingerprint density at radius 1 is 0.564 bits per heavy atom. The van der Waals surface area contributed by atoms with E-state index in [9.17, 15) is 0 Å². The minimum Gasteiger partial charge on any atom is -0.306 e. The molecule has 0 saturated heterocycles. The number of hydrogen-bond acceptors (Lipinski definition) is 5. The Bertz CT molecular complexity index is 1500. The van der Waals surface area contributed by atoms with E-state index in [1.54, 1.807) is 12.4 Å². The molecule has 39 heavy (non-hydrogen) atoms. The molecule has 192 valence electrons. The van der Waals surface area contributed by atoms with Gasteiger partial charge < -0.3 is 9.13 Å². The van der Waals surface area contributed by atoms with E-state index in [2.05, 4.69) is 104 Å². The molecular formula is C32H26N4OS2. The first kappa shape index (κ1) is 25.2. The summed E-state index contributed by atoms with van der Waals surface area (Å²) in [7, 11) is 0. The van der Waals surface area contributed by atoms with Crippen LogP contribution in [-0.2, 0) is 15.1 Å². The molecule has 0 fully saturated rings. The van der Waals surface area contributed by atoms with Gasteiger partial charge in [0.15, 0.2) is 0 Å². The molecule has 2 aromatic heterocycles. The van der Waals surface area contributed by atoms with E-state index in [1.165, 1.54) is 57.5 Å². The first-order valence-corrected chi connectivity index (χ1v) is 14.4. The lowest BCUT2D eigenvalue weighted by atomic mass is 10.0. The molecule has 0 radical (unpaired) electrons. The third-order valence-corrected chi connectivity index (χ3v) is 8.08. The van der Waals surface area contributed by atoms with Gasteiger partial charge in [0.25, 0.3) is 0 Å². The Balaban J connectivity index is 1.11. The van der Waals surface area contributed by atoms with Gasteiger partial charge >= 0.3 is 0 Å². The average Bonchev–Trinajstić information content (AvgIpc) is 3.73. The molecule has 5 nitrogen and oxygen atoms in total. The molecule has 0 unspecified atom stereocenters. The summed E-state index contributed by atoms with van der Waals surface area (Å²) in [6.07, 6.45) is 11.2. The van der Waals surface area contributed by atoms with Crippen molar-refractivity contribution in [1.29, 1.82) is 0 Å². The molecule has 0 aliphatic carbocycles. The molecule has 0 saturated carbocycles. The fourth-order valence-corrected chi connectivity index (χ4v) is 5.79. The van der Waals surface area contributed by atoms with E-state index in [1.807, 2.05) is 37.2 Å². The topological polar surface area (TPSA) is 44.9 Å². The number of nitrogens with zero attached hydrogens (tertiary/aromatic N) is 4. The van der Waals surface area contributed by atoms with E-state index >= 15 is 0 Å². The highest BCUT2D eigenvalue weighted by molar-refractivity contribution is 8.07. The molecule has 0 N–H and O–H groups in total. The lowest BCUT2D eigenvalue weighted by molar-refractivity contribution is 0.755. The van der Waals surface area contributed by atoms with E-state index in [0.29, 0.717) is 0 Å². The maximum absolute atomic E-state index is 5.93. The van der Waals surface area contributed by atoms with Crippen LogP contribution in [0.1, 0.15) is 11.1 Å². The van der Waals surface area contributed by atoms with Gasteiger partial charge in [-0.2, -0.15) is 0 Å². The minimum absolute atomic E-state index is 0.747. The van der Waals surface area contributed by atoms with Crippen LogP contribution >= 0.6 is 24.1 Å². The Labute approximate surface area is 237 Å². The van der Waals surface area contributed by atoms with Crippen molar-refractivity contribution in [1.82, 2.24) is 19.1 Å². The zero-order valence-corrected chi connectivity index (χ0v) is 22.8. The summed E-state index contributed by atoms with van der Waals surface area (Å²) in [5, 5.41) is 0. The second-order valence-corrected chi connectivity index (χ2v) is 10.6. The van der Waals surface area contributed by atoms with Crippen molar-refractivity contribution in [2.75, 3.05) is 0 Å². The predicted octanol–water partition coefficient (Wildman–Crippen LogP) is 8.41. The number of rotatable bonds is 10. The van der Waals surface area contributed by atoms with Crippen molar-refractivity contribution in [3.63, 3.8) is 0 Å². The first-order chi connectivity index (χ1) is 19.3. The Morgan fingerprint density at radius 2 is 1.03 bits per heavy atom. The zero-order chi connectivity index (χ0) is 26.3. The number of aromatic nitrogens is 4. The third-order valence-electron chi connectivity index (χ3n) is 6.41. The van der Waals surface area contributed by atoms with Crippen molar-refractivity contribution in [3.05, 3.63) is 146 Å². The molecule has 0 bridgehead atoms. The van der Waals surface area contributed by atoms with Crippen molar-refractivity contribution in [2.45, 2.75) is 11.5 Å². The van der Waals surface area contributed by atoms with E-state index in [4.69, 9.17) is 3.63 Å². The molecule has 4 aromatic carbocycles. The molecule has 0 aliphatic rings.